The van der Waals surface area contributed by atoms with E-state index in [1.807, 2.05) is 32.0 Å². The quantitative estimate of drug-likeness (QED) is 0.585. The van der Waals surface area contributed by atoms with Gasteiger partial charge in [-0.3, -0.25) is 4.79 Å². The van der Waals surface area contributed by atoms with E-state index >= 15 is 0 Å². The van der Waals surface area contributed by atoms with Crippen LogP contribution in [0.4, 0.5) is 11.6 Å². The van der Waals surface area contributed by atoms with Gasteiger partial charge in [-0.1, -0.05) is 6.07 Å². The summed E-state index contributed by atoms with van der Waals surface area (Å²) in [4.78, 5) is 17.7. The average molecular weight is 435 g/mol. The molecule has 1 amide bonds. The normalized spacial score (nSPS) is 14.9. The third-order valence-electron chi connectivity index (χ3n) is 5.19. The van der Waals surface area contributed by atoms with Crippen LogP contribution in [0.3, 0.4) is 0 Å². The molecule has 2 N–H and O–H groups in total. The molecule has 9 nitrogen and oxygen atoms in total. The van der Waals surface area contributed by atoms with Crippen molar-refractivity contribution in [2.45, 2.75) is 19.9 Å². The monoisotopic (exact) mass is 435 g/mol. The molecule has 2 aromatic carbocycles. The van der Waals surface area contributed by atoms with Gasteiger partial charge in [-0.05, 0) is 55.8 Å². The number of rotatable bonds is 7. The summed E-state index contributed by atoms with van der Waals surface area (Å²) in [5, 5.41) is 10.5. The second kappa shape index (κ2) is 9.01. The van der Waals surface area contributed by atoms with Crippen molar-refractivity contribution in [3.8, 4) is 17.2 Å². The molecule has 1 aliphatic rings. The minimum Gasteiger partial charge on any atom is -0.497 e. The van der Waals surface area contributed by atoms with E-state index in [1.165, 1.54) is 6.33 Å². The third kappa shape index (κ3) is 3.96. The molecule has 0 bridgehead atoms. The molecule has 32 heavy (non-hydrogen) atoms. The lowest BCUT2D eigenvalue weighted by molar-refractivity contribution is -0.113. The minimum absolute atomic E-state index is 0.251. The fraction of sp³-hybridized carbons (Fsp3) is 0.261. The van der Waals surface area contributed by atoms with Crippen LogP contribution in [0.5, 0.6) is 17.2 Å². The van der Waals surface area contributed by atoms with Gasteiger partial charge >= 0.3 is 0 Å². The molecule has 0 spiro atoms. The number of nitrogens with zero attached hydrogens (tertiary/aromatic N) is 3. The van der Waals surface area contributed by atoms with E-state index in [0.717, 1.165) is 5.56 Å². The predicted molar refractivity (Wildman–Crippen MR) is 120 cm³/mol. The van der Waals surface area contributed by atoms with Crippen LogP contribution < -0.4 is 24.8 Å². The topological polar surface area (TPSA) is 99.5 Å². The zero-order valence-electron chi connectivity index (χ0n) is 18.4. The SMILES string of the molecule is CCOc1ccc([C@H]2C(C(=O)Nc3ccc(OC)cc3)=C(C)Nc3ncnn32)cc1OC. The van der Waals surface area contributed by atoms with E-state index in [9.17, 15) is 4.79 Å². The van der Waals surface area contributed by atoms with Crippen molar-refractivity contribution in [3.63, 3.8) is 0 Å². The average Bonchev–Trinajstić information content (AvgIpc) is 3.27. The highest BCUT2D eigenvalue weighted by molar-refractivity contribution is 6.06. The Bertz CT molecular complexity index is 1150. The van der Waals surface area contributed by atoms with Crippen molar-refractivity contribution < 1.29 is 19.0 Å². The number of amides is 1. The number of carbonyl (C=O) groups excluding carboxylic acids is 1. The van der Waals surface area contributed by atoms with Crippen LogP contribution in [0.15, 0.2) is 60.1 Å². The standard InChI is InChI=1S/C23H25N5O4/c1-5-32-18-11-6-15(12-19(18)31-4)21-20(14(2)26-23-24-13-25-28(21)23)22(29)27-16-7-9-17(30-3)10-8-16/h6-13,21H,5H2,1-4H3,(H,27,29)(H,24,25,26)/t21-/m0/s1. The van der Waals surface area contributed by atoms with Crippen molar-refractivity contribution >= 4 is 17.5 Å². The summed E-state index contributed by atoms with van der Waals surface area (Å²) in [7, 11) is 3.18. The van der Waals surface area contributed by atoms with Crippen LogP contribution in [0.2, 0.25) is 0 Å². The van der Waals surface area contributed by atoms with Crippen LogP contribution >= 0.6 is 0 Å². The molecular formula is C23H25N5O4. The summed E-state index contributed by atoms with van der Waals surface area (Å²) in [5.74, 6) is 2.23. The Morgan fingerprint density at radius 3 is 2.59 bits per heavy atom. The van der Waals surface area contributed by atoms with E-state index in [1.54, 1.807) is 43.2 Å². The Hall–Kier alpha value is -4.01. The van der Waals surface area contributed by atoms with Crippen LogP contribution in [-0.2, 0) is 4.79 Å². The number of nitrogens with one attached hydrogen (secondary N) is 2. The molecule has 9 heteroatoms. The van der Waals surface area contributed by atoms with Gasteiger partial charge in [0.15, 0.2) is 11.5 Å². The summed E-state index contributed by atoms with van der Waals surface area (Å²) in [6, 6.07) is 12.3. The lowest BCUT2D eigenvalue weighted by Gasteiger charge is -2.29. The van der Waals surface area contributed by atoms with Gasteiger partial charge in [0, 0.05) is 11.4 Å². The van der Waals surface area contributed by atoms with Gasteiger partial charge in [-0.2, -0.15) is 10.1 Å². The van der Waals surface area contributed by atoms with Gasteiger partial charge in [0.2, 0.25) is 5.95 Å². The number of aromatic nitrogens is 3. The number of hydrogen-bond donors (Lipinski definition) is 2. The van der Waals surface area contributed by atoms with Gasteiger partial charge in [0.25, 0.3) is 5.91 Å². The zero-order valence-corrected chi connectivity index (χ0v) is 18.4. The maximum atomic E-state index is 13.4. The van der Waals surface area contributed by atoms with Gasteiger partial charge in [0.1, 0.15) is 18.1 Å². The molecule has 166 valence electrons. The molecule has 2 heterocycles. The van der Waals surface area contributed by atoms with Crippen LogP contribution in [0.1, 0.15) is 25.5 Å². The summed E-state index contributed by atoms with van der Waals surface area (Å²) in [6.45, 7) is 4.28. The number of ether oxygens (including phenoxy) is 3. The Kier molecular flexibility index (Phi) is 5.98. The van der Waals surface area contributed by atoms with Gasteiger partial charge in [0.05, 0.1) is 26.4 Å². The Morgan fingerprint density at radius 1 is 1.12 bits per heavy atom. The number of fused-ring (bicyclic) bond motifs is 1. The highest BCUT2D eigenvalue weighted by Crippen LogP contribution is 2.38. The molecule has 0 radical (unpaired) electrons. The summed E-state index contributed by atoms with van der Waals surface area (Å²) in [5.41, 5.74) is 2.68. The maximum absolute atomic E-state index is 13.4. The first-order valence-corrected chi connectivity index (χ1v) is 10.2. The fourth-order valence-electron chi connectivity index (χ4n) is 3.70. The molecule has 0 saturated carbocycles. The first kappa shape index (κ1) is 21.2. The Morgan fingerprint density at radius 2 is 1.91 bits per heavy atom. The van der Waals surface area contributed by atoms with Crippen LogP contribution in [0, 0.1) is 0 Å². The summed E-state index contributed by atoms with van der Waals surface area (Å²) < 4.78 is 18.0. The predicted octanol–water partition coefficient (Wildman–Crippen LogP) is 3.62. The van der Waals surface area contributed by atoms with Crippen LogP contribution in [-0.4, -0.2) is 41.5 Å². The molecule has 0 saturated heterocycles. The minimum atomic E-state index is -0.503. The van der Waals surface area contributed by atoms with Gasteiger partial charge < -0.3 is 24.8 Å². The second-order valence-electron chi connectivity index (χ2n) is 7.12. The smallest absolute Gasteiger partial charge is 0.255 e. The molecular weight excluding hydrogens is 410 g/mol. The highest BCUT2D eigenvalue weighted by Gasteiger charge is 2.34. The third-order valence-corrected chi connectivity index (χ3v) is 5.19. The fourth-order valence-corrected chi connectivity index (χ4v) is 3.70. The van der Waals surface area contributed by atoms with E-state index in [-0.39, 0.29) is 5.91 Å². The lowest BCUT2D eigenvalue weighted by Crippen LogP contribution is -2.31. The molecule has 0 fully saturated rings. The number of allylic oxidation sites excluding steroid dienone is 1. The van der Waals surface area contributed by atoms with Crippen molar-refractivity contribution in [3.05, 3.63) is 65.6 Å². The molecule has 4 rings (SSSR count). The van der Waals surface area contributed by atoms with Gasteiger partial charge in [-0.15, -0.1) is 0 Å². The molecule has 1 aliphatic heterocycles. The van der Waals surface area contributed by atoms with Crippen molar-refractivity contribution in [2.75, 3.05) is 31.5 Å². The van der Waals surface area contributed by atoms with Crippen LogP contribution in [0.25, 0.3) is 0 Å². The van der Waals surface area contributed by atoms with E-state index in [4.69, 9.17) is 14.2 Å². The van der Waals surface area contributed by atoms with Gasteiger partial charge in [-0.25, -0.2) is 4.68 Å². The Balaban J connectivity index is 1.73. The van der Waals surface area contributed by atoms with Crippen molar-refractivity contribution in [1.29, 1.82) is 0 Å². The molecule has 0 unspecified atom stereocenters. The lowest BCUT2D eigenvalue weighted by atomic mass is 9.94. The van der Waals surface area contributed by atoms with E-state index < -0.39 is 6.04 Å². The number of methoxy groups -OCH3 is 2. The molecule has 1 aromatic heterocycles. The van der Waals surface area contributed by atoms with Crippen molar-refractivity contribution in [2.24, 2.45) is 0 Å². The first-order chi connectivity index (χ1) is 15.5. The Labute approximate surface area is 186 Å². The second-order valence-corrected chi connectivity index (χ2v) is 7.12. The molecule has 0 aliphatic carbocycles. The molecule has 3 aromatic rings. The summed E-state index contributed by atoms with van der Waals surface area (Å²) >= 11 is 0. The number of anilines is 2. The van der Waals surface area contributed by atoms with E-state index in [0.29, 0.717) is 46.8 Å². The number of benzene rings is 2. The highest BCUT2D eigenvalue weighted by atomic mass is 16.5. The first-order valence-electron chi connectivity index (χ1n) is 10.2. The maximum Gasteiger partial charge on any atom is 0.255 e. The number of carbonyl (C=O) groups is 1. The van der Waals surface area contributed by atoms with Crippen molar-refractivity contribution in [1.82, 2.24) is 14.8 Å². The largest absolute Gasteiger partial charge is 0.497 e. The molecule has 1 atom stereocenters. The van der Waals surface area contributed by atoms with E-state index in [2.05, 4.69) is 20.7 Å². The number of hydrogen-bond acceptors (Lipinski definition) is 7. The summed E-state index contributed by atoms with van der Waals surface area (Å²) in [6.07, 6.45) is 1.46. The zero-order chi connectivity index (χ0) is 22.7.